The third kappa shape index (κ3) is 2.82. The van der Waals surface area contributed by atoms with Crippen molar-refractivity contribution >= 4 is 5.82 Å². The normalized spacial score (nSPS) is 19.8. The highest BCUT2D eigenvalue weighted by Gasteiger charge is 2.23. The maximum absolute atomic E-state index is 9.82. The van der Waals surface area contributed by atoms with Crippen molar-refractivity contribution in [3.05, 3.63) is 23.9 Å². The molecule has 2 rings (SSSR count). The van der Waals surface area contributed by atoms with Gasteiger partial charge in [-0.3, -0.25) is 0 Å². The second kappa shape index (κ2) is 5.67. The molecule has 1 aromatic heterocycles. The summed E-state index contributed by atoms with van der Waals surface area (Å²) in [4.78, 5) is 9.04. The number of aromatic nitrogens is 1. The Bertz CT molecular complexity index is 386. The van der Waals surface area contributed by atoms with E-state index in [1.54, 1.807) is 13.1 Å². The molecule has 0 aromatic carbocycles. The summed E-state index contributed by atoms with van der Waals surface area (Å²) in [5, 5.41) is 9.82. The lowest BCUT2D eigenvalue weighted by molar-refractivity contribution is 0.198. The largest absolute Gasteiger partial charge is 0.389 e. The number of piperidine rings is 1. The highest BCUT2D eigenvalue weighted by atomic mass is 16.3. The fourth-order valence-electron chi connectivity index (χ4n) is 2.59. The summed E-state index contributed by atoms with van der Waals surface area (Å²) in [6.07, 6.45) is 3.64. The Balaban J connectivity index is 2.15. The maximum Gasteiger partial charge on any atom is 0.134 e. The molecule has 0 aliphatic carbocycles. The van der Waals surface area contributed by atoms with E-state index in [2.05, 4.69) is 28.9 Å². The van der Waals surface area contributed by atoms with Crippen molar-refractivity contribution in [1.29, 1.82) is 0 Å². The maximum atomic E-state index is 9.82. The van der Waals surface area contributed by atoms with E-state index < -0.39 is 6.10 Å². The summed E-state index contributed by atoms with van der Waals surface area (Å²) in [5.41, 5.74) is 0.916. The molecule has 0 radical (unpaired) electrons. The molecule has 0 bridgehead atoms. The standard InChI is InChI=1S/C14H23N3O/c1-11(18)13-5-4-8-15-14(13)17(3)12-6-9-16(2)10-7-12/h4-5,8,11-12,18H,6-7,9-10H2,1-3H3/t11-/m1/s1. The number of nitrogens with zero attached hydrogens (tertiary/aromatic N) is 3. The fourth-order valence-corrected chi connectivity index (χ4v) is 2.59. The lowest BCUT2D eigenvalue weighted by Crippen LogP contribution is -2.42. The summed E-state index contributed by atoms with van der Waals surface area (Å²) >= 11 is 0. The van der Waals surface area contributed by atoms with Crippen LogP contribution in [0, 0.1) is 0 Å². The second-order valence-corrected chi connectivity index (χ2v) is 5.24. The molecule has 1 saturated heterocycles. The molecular weight excluding hydrogens is 226 g/mol. The van der Waals surface area contributed by atoms with Gasteiger partial charge in [-0.25, -0.2) is 4.98 Å². The minimum absolute atomic E-state index is 0.470. The number of aliphatic hydroxyl groups excluding tert-OH is 1. The van der Waals surface area contributed by atoms with Crippen LogP contribution in [0.15, 0.2) is 18.3 Å². The molecule has 1 aliphatic heterocycles. The van der Waals surface area contributed by atoms with Crippen LogP contribution in [-0.4, -0.2) is 48.2 Å². The predicted molar refractivity (Wildman–Crippen MR) is 73.8 cm³/mol. The monoisotopic (exact) mass is 249 g/mol. The smallest absolute Gasteiger partial charge is 0.134 e. The van der Waals surface area contributed by atoms with E-state index in [1.165, 1.54) is 0 Å². The van der Waals surface area contributed by atoms with Gasteiger partial charge in [0.15, 0.2) is 0 Å². The van der Waals surface area contributed by atoms with Crippen molar-refractivity contribution in [2.75, 3.05) is 32.1 Å². The lowest BCUT2D eigenvalue weighted by atomic mass is 10.0. The van der Waals surface area contributed by atoms with Crippen molar-refractivity contribution in [3.63, 3.8) is 0 Å². The molecule has 1 fully saturated rings. The second-order valence-electron chi connectivity index (χ2n) is 5.24. The Labute approximate surface area is 109 Å². The van der Waals surface area contributed by atoms with Crippen LogP contribution in [0.5, 0.6) is 0 Å². The number of rotatable bonds is 3. The van der Waals surface area contributed by atoms with Gasteiger partial charge in [-0.1, -0.05) is 6.07 Å². The minimum atomic E-state index is -0.470. The molecule has 1 aromatic rings. The Morgan fingerprint density at radius 3 is 2.72 bits per heavy atom. The van der Waals surface area contributed by atoms with Crippen molar-refractivity contribution < 1.29 is 5.11 Å². The Kier molecular flexibility index (Phi) is 4.19. The van der Waals surface area contributed by atoms with Crippen LogP contribution in [0.1, 0.15) is 31.4 Å². The van der Waals surface area contributed by atoms with Crippen LogP contribution < -0.4 is 4.90 Å². The first kappa shape index (κ1) is 13.3. The first-order chi connectivity index (χ1) is 8.59. The van der Waals surface area contributed by atoms with E-state index >= 15 is 0 Å². The number of anilines is 1. The summed E-state index contributed by atoms with van der Waals surface area (Å²) in [6.45, 7) is 4.06. The third-order valence-electron chi connectivity index (χ3n) is 3.84. The van der Waals surface area contributed by atoms with E-state index in [0.29, 0.717) is 6.04 Å². The van der Waals surface area contributed by atoms with E-state index in [-0.39, 0.29) is 0 Å². The van der Waals surface area contributed by atoms with Crippen LogP contribution in [0.25, 0.3) is 0 Å². The molecule has 0 spiro atoms. The van der Waals surface area contributed by atoms with Crippen molar-refractivity contribution in [2.24, 2.45) is 0 Å². The van der Waals surface area contributed by atoms with Crippen LogP contribution in [0.4, 0.5) is 5.82 Å². The zero-order chi connectivity index (χ0) is 13.1. The van der Waals surface area contributed by atoms with Gasteiger partial charge < -0.3 is 14.9 Å². The van der Waals surface area contributed by atoms with Gasteiger partial charge in [-0.2, -0.15) is 0 Å². The van der Waals surface area contributed by atoms with Crippen LogP contribution in [0.2, 0.25) is 0 Å². The summed E-state index contributed by atoms with van der Waals surface area (Å²) < 4.78 is 0. The number of hydrogen-bond acceptors (Lipinski definition) is 4. The predicted octanol–water partition coefficient (Wildman–Crippen LogP) is 1.67. The number of hydrogen-bond donors (Lipinski definition) is 1. The quantitative estimate of drug-likeness (QED) is 0.884. The average molecular weight is 249 g/mol. The summed E-state index contributed by atoms with van der Waals surface area (Å²) in [7, 11) is 4.25. The minimum Gasteiger partial charge on any atom is -0.389 e. The zero-order valence-corrected chi connectivity index (χ0v) is 11.5. The van der Waals surface area contributed by atoms with Gasteiger partial charge in [0, 0.05) is 24.8 Å². The zero-order valence-electron chi connectivity index (χ0n) is 11.5. The SMILES string of the molecule is C[C@@H](O)c1cccnc1N(C)C1CCN(C)CC1. The van der Waals surface area contributed by atoms with Crippen molar-refractivity contribution in [3.8, 4) is 0 Å². The third-order valence-corrected chi connectivity index (χ3v) is 3.84. The van der Waals surface area contributed by atoms with Gasteiger partial charge in [0.1, 0.15) is 5.82 Å². The molecule has 0 saturated carbocycles. The van der Waals surface area contributed by atoms with Gasteiger partial charge in [-0.15, -0.1) is 0 Å². The number of pyridine rings is 1. The van der Waals surface area contributed by atoms with Gasteiger partial charge in [0.05, 0.1) is 6.10 Å². The molecule has 18 heavy (non-hydrogen) atoms. The molecule has 4 heteroatoms. The molecular formula is C14H23N3O. The van der Waals surface area contributed by atoms with Gasteiger partial charge >= 0.3 is 0 Å². The number of likely N-dealkylation sites (tertiary alicyclic amines) is 1. The Morgan fingerprint density at radius 1 is 1.44 bits per heavy atom. The molecule has 1 atom stereocenters. The van der Waals surface area contributed by atoms with Gasteiger partial charge in [0.2, 0.25) is 0 Å². The lowest BCUT2D eigenvalue weighted by Gasteiger charge is -2.36. The molecule has 1 N–H and O–H groups in total. The van der Waals surface area contributed by atoms with Crippen molar-refractivity contribution in [2.45, 2.75) is 31.9 Å². The molecule has 2 heterocycles. The topological polar surface area (TPSA) is 39.6 Å². The molecule has 0 unspecified atom stereocenters. The van der Waals surface area contributed by atoms with E-state index in [4.69, 9.17) is 0 Å². The fraction of sp³-hybridized carbons (Fsp3) is 0.643. The summed E-state index contributed by atoms with van der Waals surface area (Å²) in [5.74, 6) is 0.919. The number of aliphatic hydroxyl groups is 1. The average Bonchev–Trinajstić information content (AvgIpc) is 2.39. The van der Waals surface area contributed by atoms with Gasteiger partial charge in [-0.05, 0) is 46.0 Å². The van der Waals surface area contributed by atoms with Gasteiger partial charge in [0.25, 0.3) is 0 Å². The first-order valence-electron chi connectivity index (χ1n) is 6.64. The first-order valence-corrected chi connectivity index (χ1v) is 6.64. The van der Waals surface area contributed by atoms with Crippen molar-refractivity contribution in [1.82, 2.24) is 9.88 Å². The Hall–Kier alpha value is -1.13. The molecule has 0 amide bonds. The molecule has 4 nitrogen and oxygen atoms in total. The highest BCUT2D eigenvalue weighted by Crippen LogP contribution is 2.26. The van der Waals surface area contributed by atoms with E-state index in [0.717, 1.165) is 37.3 Å². The van der Waals surface area contributed by atoms with Crippen LogP contribution in [0.3, 0.4) is 0 Å². The molecule has 100 valence electrons. The van der Waals surface area contributed by atoms with Crippen LogP contribution >= 0.6 is 0 Å². The summed E-state index contributed by atoms with van der Waals surface area (Å²) in [6, 6.07) is 4.36. The van der Waals surface area contributed by atoms with Crippen LogP contribution in [-0.2, 0) is 0 Å². The van der Waals surface area contributed by atoms with E-state index in [9.17, 15) is 5.11 Å². The molecule has 1 aliphatic rings. The highest BCUT2D eigenvalue weighted by molar-refractivity contribution is 5.48. The van der Waals surface area contributed by atoms with E-state index in [1.807, 2.05) is 12.1 Å². The Morgan fingerprint density at radius 2 is 2.11 bits per heavy atom.